The van der Waals surface area contributed by atoms with Crippen LogP contribution < -0.4 is 14.2 Å². The number of anilines is 1. The van der Waals surface area contributed by atoms with Crippen LogP contribution in [0.15, 0.2) is 42.5 Å². The first kappa shape index (κ1) is 16.5. The molecule has 22 heavy (non-hydrogen) atoms. The molecule has 0 amide bonds. The highest BCUT2D eigenvalue weighted by Gasteiger charge is 2.15. The molecule has 0 aliphatic carbocycles. The van der Waals surface area contributed by atoms with Crippen molar-refractivity contribution in [2.45, 2.75) is 5.75 Å². The van der Waals surface area contributed by atoms with Gasteiger partial charge < -0.3 is 9.47 Å². The van der Waals surface area contributed by atoms with Crippen molar-refractivity contribution in [2.75, 3.05) is 18.9 Å². The molecule has 0 spiro atoms. The maximum atomic E-state index is 12.3. The van der Waals surface area contributed by atoms with Gasteiger partial charge in [0.1, 0.15) is 11.5 Å². The third kappa shape index (κ3) is 4.29. The number of ether oxygens (including phenoxy) is 2. The molecule has 0 bridgehead atoms. The Hall–Kier alpha value is -1.92. The highest BCUT2D eigenvalue weighted by Crippen LogP contribution is 2.30. The zero-order chi connectivity index (χ0) is 16.2. The van der Waals surface area contributed by atoms with Crippen molar-refractivity contribution in [3.63, 3.8) is 0 Å². The lowest BCUT2D eigenvalue weighted by molar-refractivity contribution is 0.405. The number of halogens is 1. The van der Waals surface area contributed by atoms with E-state index in [4.69, 9.17) is 21.1 Å². The highest BCUT2D eigenvalue weighted by molar-refractivity contribution is 7.91. The topological polar surface area (TPSA) is 64.6 Å². The third-order valence-electron chi connectivity index (χ3n) is 2.94. The molecule has 118 valence electrons. The second-order valence-corrected chi connectivity index (χ2v) is 6.71. The lowest BCUT2D eigenvalue weighted by Gasteiger charge is -2.13. The van der Waals surface area contributed by atoms with Crippen LogP contribution in [0.25, 0.3) is 0 Å². The molecule has 0 aliphatic rings. The molecule has 0 radical (unpaired) electrons. The van der Waals surface area contributed by atoms with E-state index in [-0.39, 0.29) is 5.75 Å². The van der Waals surface area contributed by atoms with E-state index in [1.807, 2.05) is 0 Å². The molecule has 1 N–H and O–H groups in total. The third-order valence-corrected chi connectivity index (χ3v) is 4.44. The number of methoxy groups -OCH3 is 2. The summed E-state index contributed by atoms with van der Waals surface area (Å²) in [6.45, 7) is 0. The second kappa shape index (κ2) is 6.89. The monoisotopic (exact) mass is 341 g/mol. The molecule has 7 heteroatoms. The van der Waals surface area contributed by atoms with Gasteiger partial charge in [0.05, 0.1) is 25.7 Å². The zero-order valence-electron chi connectivity index (χ0n) is 12.2. The van der Waals surface area contributed by atoms with E-state index in [9.17, 15) is 8.42 Å². The van der Waals surface area contributed by atoms with E-state index in [1.165, 1.54) is 14.2 Å². The molecule has 5 nitrogen and oxygen atoms in total. The molecule has 0 heterocycles. The second-order valence-electron chi connectivity index (χ2n) is 4.55. The molecule has 0 fully saturated rings. The summed E-state index contributed by atoms with van der Waals surface area (Å²) in [6.07, 6.45) is 0. The largest absolute Gasteiger partial charge is 0.497 e. The molecule has 0 aromatic heterocycles. The molecular formula is C15H16ClNO4S. The normalized spacial score (nSPS) is 11.0. The molecular weight excluding hydrogens is 326 g/mol. The summed E-state index contributed by atoms with van der Waals surface area (Å²) >= 11 is 5.79. The van der Waals surface area contributed by atoms with Gasteiger partial charge in [-0.2, -0.15) is 0 Å². The lowest BCUT2D eigenvalue weighted by atomic mass is 10.2. The summed E-state index contributed by atoms with van der Waals surface area (Å²) in [4.78, 5) is 0. The molecule has 2 aromatic carbocycles. The smallest absolute Gasteiger partial charge is 0.237 e. The quantitative estimate of drug-likeness (QED) is 0.875. The average molecular weight is 342 g/mol. The van der Waals surface area contributed by atoms with Crippen molar-refractivity contribution in [3.8, 4) is 11.5 Å². The van der Waals surface area contributed by atoms with Gasteiger partial charge in [-0.05, 0) is 29.8 Å². The van der Waals surface area contributed by atoms with E-state index in [0.29, 0.717) is 27.8 Å². The van der Waals surface area contributed by atoms with Crippen molar-refractivity contribution in [3.05, 3.63) is 53.1 Å². The minimum atomic E-state index is -3.59. The summed E-state index contributed by atoms with van der Waals surface area (Å²) in [6, 6.07) is 11.5. The number of rotatable bonds is 6. The maximum Gasteiger partial charge on any atom is 0.237 e. The van der Waals surface area contributed by atoms with E-state index in [0.717, 1.165) is 0 Å². The maximum absolute atomic E-state index is 12.3. The lowest BCUT2D eigenvalue weighted by Crippen LogP contribution is -2.15. The van der Waals surface area contributed by atoms with Crippen molar-refractivity contribution < 1.29 is 17.9 Å². The Labute approximate surface area is 134 Å². The molecule has 0 unspecified atom stereocenters. The Kier molecular flexibility index (Phi) is 5.15. The van der Waals surface area contributed by atoms with Gasteiger partial charge in [0, 0.05) is 11.1 Å². The molecule has 2 aromatic rings. The van der Waals surface area contributed by atoms with E-state index >= 15 is 0 Å². The standard InChI is InChI=1S/C15H16ClNO4S/c1-20-13-7-8-15(21-2)14(9-13)17-22(18,19)10-11-3-5-12(16)6-4-11/h3-9,17H,10H2,1-2H3. The van der Waals surface area contributed by atoms with Crippen LogP contribution in [0.1, 0.15) is 5.56 Å². The first-order chi connectivity index (χ1) is 10.4. The minimum Gasteiger partial charge on any atom is -0.497 e. The average Bonchev–Trinajstić information content (AvgIpc) is 2.49. The van der Waals surface area contributed by atoms with Crippen LogP contribution in [0.3, 0.4) is 0 Å². The SMILES string of the molecule is COc1ccc(OC)c(NS(=O)(=O)Cc2ccc(Cl)cc2)c1. The Morgan fingerprint density at radius 3 is 2.32 bits per heavy atom. The van der Waals surface area contributed by atoms with Crippen LogP contribution in [-0.4, -0.2) is 22.6 Å². The van der Waals surface area contributed by atoms with Crippen molar-refractivity contribution >= 4 is 27.3 Å². The van der Waals surface area contributed by atoms with Gasteiger partial charge in [0.2, 0.25) is 10.0 Å². The summed E-state index contributed by atoms with van der Waals surface area (Å²) in [5.74, 6) is 0.787. The number of benzene rings is 2. The molecule has 0 aliphatic heterocycles. The highest BCUT2D eigenvalue weighted by atomic mass is 35.5. The van der Waals surface area contributed by atoms with Crippen LogP contribution in [0, 0.1) is 0 Å². The Balaban J connectivity index is 2.22. The minimum absolute atomic E-state index is 0.162. The summed E-state index contributed by atoms with van der Waals surface area (Å²) in [5.41, 5.74) is 0.967. The van der Waals surface area contributed by atoms with Gasteiger partial charge in [-0.25, -0.2) is 8.42 Å². The van der Waals surface area contributed by atoms with Gasteiger partial charge in [-0.1, -0.05) is 23.7 Å². The molecule has 0 saturated heterocycles. The number of hydrogen-bond donors (Lipinski definition) is 1. The van der Waals surface area contributed by atoms with Gasteiger partial charge in [0.15, 0.2) is 0 Å². The Bertz CT molecular complexity index is 745. The molecule has 2 rings (SSSR count). The number of nitrogens with one attached hydrogen (secondary N) is 1. The van der Waals surface area contributed by atoms with Crippen LogP contribution in [0.5, 0.6) is 11.5 Å². The summed E-state index contributed by atoms with van der Waals surface area (Å²) in [7, 11) is -0.608. The predicted octanol–water partition coefficient (Wildman–Crippen LogP) is 3.30. The first-order valence-corrected chi connectivity index (χ1v) is 8.43. The van der Waals surface area contributed by atoms with E-state index < -0.39 is 10.0 Å². The van der Waals surface area contributed by atoms with Crippen molar-refractivity contribution in [1.82, 2.24) is 0 Å². The van der Waals surface area contributed by atoms with Crippen LogP contribution >= 0.6 is 11.6 Å². The summed E-state index contributed by atoms with van der Waals surface area (Å²) in [5, 5.41) is 0.559. The fraction of sp³-hybridized carbons (Fsp3) is 0.200. The van der Waals surface area contributed by atoms with Crippen LogP contribution in [-0.2, 0) is 15.8 Å². The summed E-state index contributed by atoms with van der Waals surface area (Å²) < 4.78 is 37.3. The fourth-order valence-corrected chi connectivity index (χ4v) is 3.22. The zero-order valence-corrected chi connectivity index (χ0v) is 13.7. The van der Waals surface area contributed by atoms with E-state index in [1.54, 1.807) is 42.5 Å². The fourth-order valence-electron chi connectivity index (χ4n) is 1.90. The van der Waals surface area contributed by atoms with Crippen LogP contribution in [0.2, 0.25) is 5.02 Å². The van der Waals surface area contributed by atoms with Gasteiger partial charge in [-0.3, -0.25) is 4.72 Å². The number of hydrogen-bond acceptors (Lipinski definition) is 4. The molecule has 0 atom stereocenters. The van der Waals surface area contributed by atoms with Crippen molar-refractivity contribution in [2.24, 2.45) is 0 Å². The van der Waals surface area contributed by atoms with Gasteiger partial charge >= 0.3 is 0 Å². The predicted molar refractivity (Wildman–Crippen MR) is 87.2 cm³/mol. The molecule has 0 saturated carbocycles. The van der Waals surface area contributed by atoms with Crippen molar-refractivity contribution in [1.29, 1.82) is 0 Å². The van der Waals surface area contributed by atoms with Gasteiger partial charge in [-0.15, -0.1) is 0 Å². The number of sulfonamides is 1. The van der Waals surface area contributed by atoms with Gasteiger partial charge in [0.25, 0.3) is 0 Å². The van der Waals surface area contributed by atoms with E-state index in [2.05, 4.69) is 4.72 Å². The first-order valence-electron chi connectivity index (χ1n) is 6.40. The Morgan fingerprint density at radius 1 is 1.05 bits per heavy atom. The van der Waals surface area contributed by atoms with Crippen LogP contribution in [0.4, 0.5) is 5.69 Å². The Morgan fingerprint density at radius 2 is 1.73 bits per heavy atom.